The number of methoxy groups -OCH3 is 1. The van der Waals surface area contributed by atoms with Crippen LogP contribution in [0.15, 0.2) is 66.0 Å². The molecule has 2 amide bonds. The minimum atomic E-state index is -0.0201. The van der Waals surface area contributed by atoms with Crippen LogP contribution in [0.1, 0.15) is 33.6 Å². The highest BCUT2D eigenvalue weighted by atomic mass is 32.1. The number of benzene rings is 2. The fourth-order valence-corrected chi connectivity index (χ4v) is 4.86. The molecule has 0 radical (unpaired) electrons. The summed E-state index contributed by atoms with van der Waals surface area (Å²) in [6.45, 7) is 3.90. The number of thiophene rings is 1. The number of aryl methyl sites for hydroxylation is 1. The molecule has 0 spiro atoms. The summed E-state index contributed by atoms with van der Waals surface area (Å²) in [5.74, 6) is 0.849. The third-order valence-corrected chi connectivity index (χ3v) is 6.96. The Balaban J connectivity index is 1.24. The van der Waals surface area contributed by atoms with Gasteiger partial charge in [-0.2, -0.15) is 0 Å². The van der Waals surface area contributed by atoms with E-state index in [9.17, 15) is 9.59 Å². The molecule has 1 aromatic heterocycles. The van der Waals surface area contributed by atoms with E-state index >= 15 is 0 Å². The summed E-state index contributed by atoms with van der Waals surface area (Å²) in [6.07, 6.45) is 2.19. The zero-order valence-corrected chi connectivity index (χ0v) is 20.4. The van der Waals surface area contributed by atoms with Gasteiger partial charge in [0.05, 0.1) is 7.11 Å². The van der Waals surface area contributed by atoms with Gasteiger partial charge in [-0.15, -0.1) is 11.3 Å². The van der Waals surface area contributed by atoms with Gasteiger partial charge in [0, 0.05) is 55.3 Å². The maximum atomic E-state index is 13.1. The Morgan fingerprint density at radius 3 is 2.50 bits per heavy atom. The van der Waals surface area contributed by atoms with E-state index < -0.39 is 0 Å². The second kappa shape index (κ2) is 11.8. The van der Waals surface area contributed by atoms with Crippen molar-refractivity contribution in [3.8, 4) is 5.75 Å². The molecule has 1 saturated heterocycles. The lowest BCUT2D eigenvalue weighted by Gasteiger charge is -2.34. The van der Waals surface area contributed by atoms with Gasteiger partial charge in [-0.25, -0.2) is 0 Å². The molecule has 3 aromatic rings. The normalized spacial score (nSPS) is 14.1. The number of rotatable bonds is 9. The second-order valence-corrected chi connectivity index (χ2v) is 9.51. The van der Waals surface area contributed by atoms with Crippen molar-refractivity contribution in [2.75, 3.05) is 38.6 Å². The van der Waals surface area contributed by atoms with Crippen LogP contribution in [-0.4, -0.2) is 54.9 Å². The van der Waals surface area contributed by atoms with Crippen molar-refractivity contribution < 1.29 is 14.3 Å². The summed E-state index contributed by atoms with van der Waals surface area (Å²) in [4.78, 5) is 30.9. The van der Waals surface area contributed by atoms with Gasteiger partial charge >= 0.3 is 0 Å². The number of ether oxygens (including phenoxy) is 1. The first-order chi connectivity index (χ1) is 16.6. The molecule has 1 N–H and O–H groups in total. The smallest absolute Gasteiger partial charge is 0.254 e. The Morgan fingerprint density at radius 2 is 1.79 bits per heavy atom. The average Bonchev–Trinajstić information content (AvgIpc) is 3.38. The molecule has 178 valence electrons. The second-order valence-electron chi connectivity index (χ2n) is 8.48. The molecule has 7 heteroatoms. The minimum absolute atomic E-state index is 0.0119. The predicted octanol–water partition coefficient (Wildman–Crippen LogP) is 4.68. The largest absolute Gasteiger partial charge is 0.497 e. The van der Waals surface area contributed by atoms with E-state index in [0.29, 0.717) is 30.8 Å². The van der Waals surface area contributed by atoms with Crippen molar-refractivity contribution in [1.82, 2.24) is 9.80 Å². The zero-order valence-electron chi connectivity index (χ0n) is 19.5. The summed E-state index contributed by atoms with van der Waals surface area (Å²) in [5, 5.41) is 4.99. The lowest BCUT2D eigenvalue weighted by molar-refractivity contribution is -0.116. The number of hydrogen-bond donors (Lipinski definition) is 1. The van der Waals surface area contributed by atoms with Gasteiger partial charge in [0.1, 0.15) is 5.75 Å². The van der Waals surface area contributed by atoms with Gasteiger partial charge in [0.25, 0.3) is 5.91 Å². The SMILES string of the molecule is COc1ccc(CN2CCN(C(=O)c3cccc(NC(=O)CCCc4cccs4)c3)CC2)cc1. The number of carbonyl (C=O) groups excluding carboxylic acids is 2. The molecule has 0 saturated carbocycles. The van der Waals surface area contributed by atoms with E-state index in [1.54, 1.807) is 24.5 Å². The molecule has 0 aliphatic carbocycles. The number of carbonyl (C=O) groups is 2. The maximum absolute atomic E-state index is 13.1. The van der Waals surface area contributed by atoms with E-state index in [-0.39, 0.29) is 11.8 Å². The van der Waals surface area contributed by atoms with E-state index in [0.717, 1.165) is 38.2 Å². The lowest BCUT2D eigenvalue weighted by Crippen LogP contribution is -2.48. The van der Waals surface area contributed by atoms with Gasteiger partial charge in [-0.1, -0.05) is 24.3 Å². The number of hydrogen-bond acceptors (Lipinski definition) is 5. The Kier molecular flexibility index (Phi) is 8.33. The van der Waals surface area contributed by atoms with Gasteiger partial charge < -0.3 is 15.0 Å². The first kappa shape index (κ1) is 24.0. The third kappa shape index (κ3) is 6.68. The van der Waals surface area contributed by atoms with Crippen LogP contribution in [0.4, 0.5) is 5.69 Å². The highest BCUT2D eigenvalue weighted by Crippen LogP contribution is 2.18. The van der Waals surface area contributed by atoms with Gasteiger partial charge in [0.2, 0.25) is 5.91 Å². The van der Waals surface area contributed by atoms with Crippen LogP contribution in [0, 0.1) is 0 Å². The Morgan fingerprint density at radius 1 is 1.00 bits per heavy atom. The molecular weight excluding hydrogens is 446 g/mol. The van der Waals surface area contributed by atoms with E-state index in [1.807, 2.05) is 41.3 Å². The highest BCUT2D eigenvalue weighted by molar-refractivity contribution is 7.09. The fraction of sp³-hybridized carbons (Fsp3) is 0.333. The van der Waals surface area contributed by atoms with Crippen LogP contribution in [-0.2, 0) is 17.8 Å². The molecule has 2 aromatic carbocycles. The van der Waals surface area contributed by atoms with Crippen LogP contribution >= 0.6 is 11.3 Å². The summed E-state index contributed by atoms with van der Waals surface area (Å²) in [6, 6.07) is 19.5. The summed E-state index contributed by atoms with van der Waals surface area (Å²) in [5.41, 5.74) is 2.52. The molecule has 6 nitrogen and oxygen atoms in total. The summed E-state index contributed by atoms with van der Waals surface area (Å²) >= 11 is 1.72. The summed E-state index contributed by atoms with van der Waals surface area (Å²) in [7, 11) is 1.67. The number of anilines is 1. The molecule has 0 unspecified atom stereocenters. The van der Waals surface area contributed by atoms with Gasteiger partial charge in [-0.05, 0) is 60.2 Å². The molecule has 34 heavy (non-hydrogen) atoms. The van der Waals surface area contributed by atoms with Crippen LogP contribution in [0.5, 0.6) is 5.75 Å². The lowest BCUT2D eigenvalue weighted by atomic mass is 10.1. The number of piperazine rings is 1. The maximum Gasteiger partial charge on any atom is 0.254 e. The van der Waals surface area contributed by atoms with Crippen LogP contribution in [0.2, 0.25) is 0 Å². The molecule has 1 aliphatic rings. The van der Waals surface area contributed by atoms with Crippen molar-refractivity contribution in [1.29, 1.82) is 0 Å². The van der Waals surface area contributed by atoms with Crippen molar-refractivity contribution in [2.45, 2.75) is 25.8 Å². The molecule has 4 rings (SSSR count). The highest BCUT2D eigenvalue weighted by Gasteiger charge is 2.22. The average molecular weight is 478 g/mol. The van der Waals surface area contributed by atoms with Crippen molar-refractivity contribution in [3.63, 3.8) is 0 Å². The minimum Gasteiger partial charge on any atom is -0.497 e. The van der Waals surface area contributed by atoms with Gasteiger partial charge in [-0.3, -0.25) is 14.5 Å². The summed E-state index contributed by atoms with van der Waals surface area (Å²) < 4.78 is 5.22. The standard InChI is InChI=1S/C27H31N3O3S/c1-33-24-12-10-21(11-13-24)20-29-14-16-30(17-15-29)27(32)22-5-2-6-23(19-22)28-26(31)9-3-7-25-8-4-18-34-25/h2,4-6,8,10-13,18-19H,3,7,9,14-17,20H2,1H3,(H,28,31). The fourth-order valence-electron chi connectivity index (χ4n) is 4.11. The van der Waals surface area contributed by atoms with Crippen LogP contribution in [0.3, 0.4) is 0 Å². The van der Waals surface area contributed by atoms with Crippen LogP contribution < -0.4 is 10.1 Å². The van der Waals surface area contributed by atoms with Crippen molar-refractivity contribution >= 4 is 28.8 Å². The number of nitrogens with one attached hydrogen (secondary N) is 1. The van der Waals surface area contributed by atoms with Crippen LogP contribution in [0.25, 0.3) is 0 Å². The van der Waals surface area contributed by atoms with Crippen molar-refractivity contribution in [2.24, 2.45) is 0 Å². The predicted molar refractivity (Wildman–Crippen MR) is 137 cm³/mol. The van der Waals surface area contributed by atoms with E-state index in [2.05, 4.69) is 33.8 Å². The topological polar surface area (TPSA) is 61.9 Å². The molecule has 0 atom stereocenters. The molecule has 0 bridgehead atoms. The number of amides is 2. The third-order valence-electron chi connectivity index (χ3n) is 6.03. The molecule has 1 fully saturated rings. The Bertz CT molecular complexity index is 1070. The first-order valence-electron chi connectivity index (χ1n) is 11.7. The van der Waals surface area contributed by atoms with Gasteiger partial charge in [0.15, 0.2) is 0 Å². The zero-order chi connectivity index (χ0) is 23.8. The number of nitrogens with zero attached hydrogens (tertiary/aromatic N) is 2. The Labute approximate surface area is 205 Å². The van der Waals surface area contributed by atoms with E-state index in [1.165, 1.54) is 10.4 Å². The van der Waals surface area contributed by atoms with E-state index in [4.69, 9.17) is 4.74 Å². The monoisotopic (exact) mass is 477 g/mol. The molecular formula is C27H31N3O3S. The Hall–Kier alpha value is -3.16. The van der Waals surface area contributed by atoms with Crippen molar-refractivity contribution in [3.05, 3.63) is 82.0 Å². The quantitative estimate of drug-likeness (QED) is 0.486. The first-order valence-corrected chi connectivity index (χ1v) is 12.6. The molecule has 1 aliphatic heterocycles. The molecule has 2 heterocycles.